The van der Waals surface area contributed by atoms with E-state index in [4.69, 9.17) is 16.3 Å². The molecule has 0 bridgehead atoms. The van der Waals surface area contributed by atoms with Gasteiger partial charge in [0.25, 0.3) is 5.91 Å². The van der Waals surface area contributed by atoms with Crippen LogP contribution >= 0.6 is 38.9 Å². The molecule has 21 heavy (non-hydrogen) atoms. The zero-order valence-corrected chi connectivity index (χ0v) is 14.7. The zero-order chi connectivity index (χ0) is 15.2. The highest BCUT2D eigenvalue weighted by atomic mass is 79.9. The largest absolute Gasteiger partial charge is 0.383 e. The summed E-state index contributed by atoms with van der Waals surface area (Å²) in [6, 6.07) is 9.24. The molecule has 6 heteroatoms. The predicted octanol–water partition coefficient (Wildman–Crippen LogP) is 4.45. The van der Waals surface area contributed by atoms with E-state index < -0.39 is 0 Å². The number of halogens is 2. The summed E-state index contributed by atoms with van der Waals surface area (Å²) in [5, 5.41) is 2.54. The van der Waals surface area contributed by atoms with E-state index in [-0.39, 0.29) is 5.91 Å². The van der Waals surface area contributed by atoms with Crippen molar-refractivity contribution in [3.8, 4) is 0 Å². The van der Waals surface area contributed by atoms with Crippen molar-refractivity contribution < 1.29 is 9.53 Å². The second kappa shape index (κ2) is 7.94. The molecular formula is C15H15BrClNO2S. The van der Waals surface area contributed by atoms with Gasteiger partial charge in [0.2, 0.25) is 0 Å². The molecular weight excluding hydrogens is 374 g/mol. The van der Waals surface area contributed by atoms with Crippen molar-refractivity contribution in [2.24, 2.45) is 0 Å². The smallest absolute Gasteiger partial charge is 0.254 e. The Morgan fingerprint density at radius 3 is 2.86 bits per heavy atom. The number of ether oxygens (including phenoxy) is 1. The molecule has 0 saturated carbocycles. The highest BCUT2D eigenvalue weighted by molar-refractivity contribution is 9.10. The second-order valence-electron chi connectivity index (χ2n) is 4.43. The summed E-state index contributed by atoms with van der Waals surface area (Å²) in [6.45, 7) is 1.62. The average Bonchev–Trinajstić information content (AvgIpc) is 2.98. The highest BCUT2D eigenvalue weighted by Crippen LogP contribution is 2.24. The number of benzene rings is 1. The van der Waals surface area contributed by atoms with Gasteiger partial charge in [-0.1, -0.05) is 17.7 Å². The summed E-state index contributed by atoms with van der Waals surface area (Å²) in [5.41, 5.74) is 0.579. The number of carbonyl (C=O) groups is 1. The van der Waals surface area contributed by atoms with Crippen molar-refractivity contribution in [3.05, 3.63) is 55.6 Å². The maximum atomic E-state index is 12.6. The third-order valence-corrected chi connectivity index (χ3v) is 5.04. The summed E-state index contributed by atoms with van der Waals surface area (Å²) in [7, 11) is 1.63. The van der Waals surface area contributed by atoms with E-state index in [2.05, 4.69) is 15.9 Å². The predicted molar refractivity (Wildman–Crippen MR) is 90.1 cm³/mol. The quantitative estimate of drug-likeness (QED) is 0.731. The van der Waals surface area contributed by atoms with Gasteiger partial charge in [-0.2, -0.15) is 0 Å². The number of hydrogen-bond acceptors (Lipinski definition) is 3. The topological polar surface area (TPSA) is 29.5 Å². The molecule has 0 unspecified atom stereocenters. The maximum Gasteiger partial charge on any atom is 0.254 e. The first kappa shape index (κ1) is 16.5. The molecule has 112 valence electrons. The number of amides is 1. The first-order valence-corrected chi connectivity index (χ1v) is 8.42. The maximum absolute atomic E-state index is 12.6. The lowest BCUT2D eigenvalue weighted by Crippen LogP contribution is -2.33. The number of hydrogen-bond donors (Lipinski definition) is 0. The molecule has 0 aliphatic carbocycles. The van der Waals surface area contributed by atoms with Crippen molar-refractivity contribution in [3.63, 3.8) is 0 Å². The van der Waals surface area contributed by atoms with Gasteiger partial charge in [0.1, 0.15) is 0 Å². The van der Waals surface area contributed by atoms with Crippen LogP contribution in [-0.4, -0.2) is 31.1 Å². The van der Waals surface area contributed by atoms with Gasteiger partial charge in [0.05, 0.1) is 18.2 Å². The Labute approximate surface area is 141 Å². The number of methoxy groups -OCH3 is 1. The van der Waals surface area contributed by atoms with Crippen LogP contribution in [0.5, 0.6) is 0 Å². The van der Waals surface area contributed by atoms with Crippen molar-refractivity contribution in [2.75, 3.05) is 20.3 Å². The minimum atomic E-state index is -0.0464. The Morgan fingerprint density at radius 1 is 1.43 bits per heavy atom. The molecule has 1 aromatic carbocycles. The molecule has 0 N–H and O–H groups in total. The number of rotatable bonds is 6. The van der Waals surface area contributed by atoms with E-state index in [0.717, 1.165) is 9.35 Å². The first-order chi connectivity index (χ1) is 10.1. The molecule has 0 radical (unpaired) electrons. The summed E-state index contributed by atoms with van der Waals surface area (Å²) >= 11 is 11.0. The third-order valence-electron chi connectivity index (χ3n) is 2.95. The standard InChI is InChI=1S/C15H15BrClNO2S/c1-20-7-6-18(10-12-3-2-8-21-12)15(19)11-4-5-13(16)14(17)9-11/h2-5,8-9H,6-7,10H2,1H3. The zero-order valence-electron chi connectivity index (χ0n) is 11.5. The van der Waals surface area contributed by atoms with Crippen LogP contribution in [0.2, 0.25) is 5.02 Å². The highest BCUT2D eigenvalue weighted by Gasteiger charge is 2.17. The van der Waals surface area contributed by atoms with E-state index >= 15 is 0 Å². The molecule has 1 aromatic heterocycles. The van der Waals surface area contributed by atoms with Gasteiger partial charge in [-0.3, -0.25) is 4.79 Å². The van der Waals surface area contributed by atoms with Gasteiger partial charge in [0.15, 0.2) is 0 Å². The molecule has 0 aliphatic rings. The number of thiophene rings is 1. The molecule has 3 nitrogen and oxygen atoms in total. The van der Waals surface area contributed by atoms with Crippen molar-refractivity contribution in [1.82, 2.24) is 4.90 Å². The molecule has 0 atom stereocenters. The van der Waals surface area contributed by atoms with Gasteiger partial charge >= 0.3 is 0 Å². The average molecular weight is 389 g/mol. The van der Waals surface area contributed by atoms with E-state index in [1.165, 1.54) is 0 Å². The second-order valence-corrected chi connectivity index (χ2v) is 6.72. The van der Waals surface area contributed by atoms with Crippen LogP contribution in [0.25, 0.3) is 0 Å². The first-order valence-electron chi connectivity index (χ1n) is 6.37. The van der Waals surface area contributed by atoms with Crippen LogP contribution in [0.15, 0.2) is 40.2 Å². The van der Waals surface area contributed by atoms with Crippen LogP contribution in [0, 0.1) is 0 Å². The molecule has 2 rings (SSSR count). The SMILES string of the molecule is COCCN(Cc1cccs1)C(=O)c1ccc(Br)c(Cl)c1. The lowest BCUT2D eigenvalue weighted by atomic mass is 10.2. The van der Waals surface area contributed by atoms with Crippen LogP contribution < -0.4 is 0 Å². The summed E-state index contributed by atoms with van der Waals surface area (Å²) in [6.07, 6.45) is 0. The minimum Gasteiger partial charge on any atom is -0.383 e. The summed E-state index contributed by atoms with van der Waals surface area (Å²) in [4.78, 5) is 15.6. The normalized spacial score (nSPS) is 10.6. The molecule has 0 fully saturated rings. The molecule has 1 heterocycles. The molecule has 1 amide bonds. The van der Waals surface area contributed by atoms with Crippen LogP contribution in [0.3, 0.4) is 0 Å². The molecule has 2 aromatic rings. The Hall–Kier alpha value is -0.880. The van der Waals surface area contributed by atoms with Gasteiger partial charge in [-0.15, -0.1) is 11.3 Å². The fraction of sp³-hybridized carbons (Fsp3) is 0.267. The third kappa shape index (κ3) is 4.54. The van der Waals surface area contributed by atoms with Gasteiger partial charge in [-0.25, -0.2) is 0 Å². The fourth-order valence-corrected chi connectivity index (χ4v) is 3.00. The Kier molecular flexibility index (Phi) is 6.23. The fourth-order valence-electron chi connectivity index (χ4n) is 1.86. The van der Waals surface area contributed by atoms with Crippen molar-refractivity contribution >= 4 is 44.8 Å². The van der Waals surface area contributed by atoms with E-state index in [0.29, 0.717) is 30.3 Å². The van der Waals surface area contributed by atoms with E-state index in [1.54, 1.807) is 41.5 Å². The minimum absolute atomic E-state index is 0.0464. The summed E-state index contributed by atoms with van der Waals surface area (Å²) in [5.74, 6) is -0.0464. The monoisotopic (exact) mass is 387 g/mol. The number of nitrogens with zero attached hydrogens (tertiary/aromatic N) is 1. The van der Waals surface area contributed by atoms with Gasteiger partial charge < -0.3 is 9.64 Å². The Bertz CT molecular complexity index is 604. The van der Waals surface area contributed by atoms with E-state index in [1.807, 2.05) is 17.5 Å². The van der Waals surface area contributed by atoms with Crippen LogP contribution in [0.1, 0.15) is 15.2 Å². The van der Waals surface area contributed by atoms with Gasteiger partial charge in [0, 0.05) is 28.6 Å². The Morgan fingerprint density at radius 2 is 2.24 bits per heavy atom. The van der Waals surface area contributed by atoms with Crippen LogP contribution in [0.4, 0.5) is 0 Å². The lowest BCUT2D eigenvalue weighted by Gasteiger charge is -2.22. The molecule has 0 aliphatic heterocycles. The summed E-state index contributed by atoms with van der Waals surface area (Å²) < 4.78 is 5.88. The van der Waals surface area contributed by atoms with Crippen molar-refractivity contribution in [1.29, 1.82) is 0 Å². The van der Waals surface area contributed by atoms with Gasteiger partial charge in [-0.05, 0) is 45.6 Å². The molecule has 0 saturated heterocycles. The van der Waals surface area contributed by atoms with Crippen molar-refractivity contribution in [2.45, 2.75) is 6.54 Å². The Balaban J connectivity index is 2.18. The lowest BCUT2D eigenvalue weighted by molar-refractivity contribution is 0.0682. The van der Waals surface area contributed by atoms with E-state index in [9.17, 15) is 4.79 Å². The number of carbonyl (C=O) groups excluding carboxylic acids is 1. The van der Waals surface area contributed by atoms with Crippen LogP contribution in [-0.2, 0) is 11.3 Å². The molecule has 0 spiro atoms.